The van der Waals surface area contributed by atoms with Gasteiger partial charge in [0, 0.05) is 42.0 Å². The molecule has 0 aliphatic heterocycles. The quantitative estimate of drug-likeness (QED) is 0.427. The number of nitrogens with one attached hydrogen (secondary N) is 2. The molecule has 0 atom stereocenters. The Labute approximate surface area is 137 Å². The van der Waals surface area contributed by atoms with Crippen LogP contribution in [-0.4, -0.2) is 28.9 Å². The molecule has 1 amide bonds. The monoisotopic (exact) mass is 324 g/mol. The Kier molecular flexibility index (Phi) is 4.02. The third kappa shape index (κ3) is 3.27. The van der Waals surface area contributed by atoms with Crippen LogP contribution in [0.25, 0.3) is 10.9 Å². The number of nitrogen functional groups attached to an aromatic ring is 1. The number of benzene rings is 1. The molecule has 0 bridgehead atoms. The summed E-state index contributed by atoms with van der Waals surface area (Å²) in [6.45, 7) is 0. The molecule has 0 aliphatic carbocycles. The molecule has 2 heterocycles. The van der Waals surface area contributed by atoms with Gasteiger partial charge in [0.2, 0.25) is 5.88 Å². The van der Waals surface area contributed by atoms with E-state index in [0.717, 1.165) is 10.9 Å². The molecule has 122 valence electrons. The zero-order valence-corrected chi connectivity index (χ0v) is 12.9. The van der Waals surface area contributed by atoms with E-state index in [4.69, 9.17) is 16.2 Å². The molecule has 0 spiro atoms. The second kappa shape index (κ2) is 6.29. The number of rotatable bonds is 3. The summed E-state index contributed by atoms with van der Waals surface area (Å²) < 4.78 is 5.67. The van der Waals surface area contributed by atoms with Gasteiger partial charge in [0.25, 0.3) is 5.91 Å². The Morgan fingerprint density at radius 3 is 2.88 bits per heavy atom. The molecule has 3 rings (SSSR count). The van der Waals surface area contributed by atoms with Crippen LogP contribution in [0.5, 0.6) is 11.6 Å². The number of nitrogens with zero attached hydrogens (tertiary/aromatic N) is 2. The maximum absolute atomic E-state index is 12.0. The first kappa shape index (κ1) is 15.3. The average Bonchev–Trinajstić information content (AvgIpc) is 2.98. The molecule has 0 unspecified atom stereocenters. The van der Waals surface area contributed by atoms with Crippen LogP contribution < -0.4 is 21.5 Å². The van der Waals surface area contributed by atoms with Crippen molar-refractivity contribution in [3.63, 3.8) is 0 Å². The van der Waals surface area contributed by atoms with Crippen LogP contribution in [0.1, 0.15) is 10.5 Å². The number of pyridine rings is 1. The molecule has 0 saturated carbocycles. The maximum atomic E-state index is 12.0. The van der Waals surface area contributed by atoms with Crippen molar-refractivity contribution in [1.82, 2.24) is 15.3 Å². The van der Waals surface area contributed by atoms with Crippen LogP contribution in [0.4, 0.5) is 5.69 Å². The fourth-order valence-electron chi connectivity index (χ4n) is 2.11. The first-order valence-electron chi connectivity index (χ1n) is 7.13. The lowest BCUT2D eigenvalue weighted by molar-refractivity contribution is 0.0998. The zero-order valence-electron chi connectivity index (χ0n) is 12.9. The topological polar surface area (TPSA) is 131 Å². The summed E-state index contributed by atoms with van der Waals surface area (Å²) in [5.74, 6) is 0.553. The van der Waals surface area contributed by atoms with Crippen LogP contribution in [0.15, 0.2) is 47.6 Å². The van der Waals surface area contributed by atoms with Gasteiger partial charge in [-0.1, -0.05) is 0 Å². The molecule has 1 aromatic carbocycles. The highest BCUT2D eigenvalue weighted by molar-refractivity contribution is 6.04. The van der Waals surface area contributed by atoms with Crippen LogP contribution in [0, 0.1) is 0 Å². The SMILES string of the molecule is CNC(N)=NC(=O)c1cc2ccc(Oc3cc(N)ccn3)cc2[nH]1. The number of ether oxygens (including phenoxy) is 1. The van der Waals surface area contributed by atoms with Crippen molar-refractivity contribution in [3.8, 4) is 11.6 Å². The summed E-state index contributed by atoms with van der Waals surface area (Å²) in [7, 11) is 1.59. The number of aromatic nitrogens is 2. The van der Waals surface area contributed by atoms with E-state index in [1.54, 1.807) is 43.6 Å². The second-order valence-corrected chi connectivity index (χ2v) is 5.01. The Hall–Kier alpha value is -3.55. The van der Waals surface area contributed by atoms with Gasteiger partial charge in [0.05, 0.1) is 0 Å². The minimum Gasteiger partial charge on any atom is -0.439 e. The lowest BCUT2D eigenvalue weighted by Crippen LogP contribution is -2.28. The number of hydrogen-bond acceptors (Lipinski definition) is 4. The van der Waals surface area contributed by atoms with Crippen molar-refractivity contribution in [1.29, 1.82) is 0 Å². The van der Waals surface area contributed by atoms with Gasteiger partial charge >= 0.3 is 0 Å². The van der Waals surface area contributed by atoms with Crippen molar-refractivity contribution in [3.05, 3.63) is 48.3 Å². The van der Waals surface area contributed by atoms with Crippen LogP contribution >= 0.6 is 0 Å². The molecular formula is C16H16N6O2. The predicted octanol–water partition coefficient (Wildman–Crippen LogP) is 1.61. The molecule has 0 saturated heterocycles. The normalized spacial score (nSPS) is 11.5. The number of carbonyl (C=O) groups excluding carboxylic acids is 1. The Morgan fingerprint density at radius 1 is 1.29 bits per heavy atom. The van der Waals surface area contributed by atoms with Crippen LogP contribution in [0.2, 0.25) is 0 Å². The molecule has 8 nitrogen and oxygen atoms in total. The first-order chi connectivity index (χ1) is 11.5. The Bertz CT molecular complexity index is 931. The maximum Gasteiger partial charge on any atom is 0.296 e. The van der Waals surface area contributed by atoms with E-state index in [-0.39, 0.29) is 5.96 Å². The lowest BCUT2D eigenvalue weighted by atomic mass is 10.2. The van der Waals surface area contributed by atoms with Gasteiger partial charge in [-0.25, -0.2) is 4.98 Å². The van der Waals surface area contributed by atoms with Crippen molar-refractivity contribution in [2.24, 2.45) is 10.7 Å². The van der Waals surface area contributed by atoms with E-state index in [1.807, 2.05) is 6.07 Å². The minimum absolute atomic E-state index is 0.0513. The molecule has 3 aromatic rings. The summed E-state index contributed by atoms with van der Waals surface area (Å²) in [4.78, 5) is 22.8. The first-order valence-corrected chi connectivity index (χ1v) is 7.13. The number of fused-ring (bicyclic) bond motifs is 1. The molecule has 0 fully saturated rings. The highest BCUT2D eigenvalue weighted by Crippen LogP contribution is 2.25. The van der Waals surface area contributed by atoms with Gasteiger partial charge in [-0.05, 0) is 24.3 Å². The van der Waals surface area contributed by atoms with Crippen molar-refractivity contribution in [2.45, 2.75) is 0 Å². The highest BCUT2D eigenvalue weighted by Gasteiger charge is 2.10. The summed E-state index contributed by atoms with van der Waals surface area (Å²) in [5.41, 5.74) is 12.8. The van der Waals surface area contributed by atoms with Crippen LogP contribution in [-0.2, 0) is 0 Å². The van der Waals surface area contributed by atoms with Gasteiger partial charge in [-0.2, -0.15) is 4.99 Å². The Morgan fingerprint density at radius 2 is 2.12 bits per heavy atom. The van der Waals surface area contributed by atoms with Gasteiger partial charge in [-0.3, -0.25) is 4.79 Å². The van der Waals surface area contributed by atoms with E-state index >= 15 is 0 Å². The molecule has 8 heteroatoms. The molecule has 0 aliphatic rings. The number of hydrogen-bond donors (Lipinski definition) is 4. The van der Waals surface area contributed by atoms with Gasteiger partial charge in [0.1, 0.15) is 11.4 Å². The smallest absolute Gasteiger partial charge is 0.296 e. The average molecular weight is 324 g/mol. The van der Waals surface area contributed by atoms with Crippen molar-refractivity contribution in [2.75, 3.05) is 12.8 Å². The molecule has 2 aromatic heterocycles. The van der Waals surface area contributed by atoms with Gasteiger partial charge in [-0.15, -0.1) is 0 Å². The number of guanidine groups is 1. The van der Waals surface area contributed by atoms with Crippen molar-refractivity contribution >= 4 is 28.5 Å². The number of anilines is 1. The van der Waals surface area contributed by atoms with E-state index in [2.05, 4.69) is 20.3 Å². The number of aromatic amines is 1. The highest BCUT2D eigenvalue weighted by atomic mass is 16.5. The molecule has 6 N–H and O–H groups in total. The van der Waals surface area contributed by atoms with Gasteiger partial charge in [0.15, 0.2) is 5.96 Å². The second-order valence-electron chi connectivity index (χ2n) is 5.01. The standard InChI is InChI=1S/C16H16N6O2/c1-19-16(18)22-15(23)13-6-9-2-3-11(8-12(9)21-13)24-14-7-10(17)4-5-20-14/h2-8,21H,1H3,(H2,17,20)(H3,18,19,22,23). The minimum atomic E-state index is -0.460. The number of H-pyrrole nitrogens is 1. The fourth-order valence-corrected chi connectivity index (χ4v) is 2.11. The van der Waals surface area contributed by atoms with E-state index < -0.39 is 5.91 Å². The summed E-state index contributed by atoms with van der Waals surface area (Å²) >= 11 is 0. The van der Waals surface area contributed by atoms with E-state index in [0.29, 0.717) is 23.0 Å². The molecular weight excluding hydrogens is 308 g/mol. The third-order valence-electron chi connectivity index (χ3n) is 3.28. The number of carbonyl (C=O) groups is 1. The van der Waals surface area contributed by atoms with E-state index in [1.165, 1.54) is 0 Å². The van der Waals surface area contributed by atoms with Crippen molar-refractivity contribution < 1.29 is 9.53 Å². The molecule has 0 radical (unpaired) electrons. The predicted molar refractivity (Wildman–Crippen MR) is 92.0 cm³/mol. The lowest BCUT2D eigenvalue weighted by Gasteiger charge is -2.05. The zero-order chi connectivity index (χ0) is 17.1. The third-order valence-corrected chi connectivity index (χ3v) is 3.28. The Balaban J connectivity index is 1.87. The largest absolute Gasteiger partial charge is 0.439 e. The van der Waals surface area contributed by atoms with Crippen LogP contribution in [0.3, 0.4) is 0 Å². The summed E-state index contributed by atoms with van der Waals surface area (Å²) in [6, 6.07) is 10.4. The van der Waals surface area contributed by atoms with E-state index in [9.17, 15) is 4.79 Å². The fraction of sp³-hybridized carbons (Fsp3) is 0.0625. The number of aliphatic imine (C=N–C) groups is 1. The number of nitrogens with two attached hydrogens (primary N) is 2. The molecule has 24 heavy (non-hydrogen) atoms. The summed E-state index contributed by atoms with van der Waals surface area (Å²) in [5, 5.41) is 3.45. The van der Waals surface area contributed by atoms with Gasteiger partial charge < -0.3 is 26.5 Å². The number of amides is 1. The summed E-state index contributed by atoms with van der Waals surface area (Å²) in [6.07, 6.45) is 1.57.